The largest absolute Gasteiger partial charge is 0.313 e. The van der Waals surface area contributed by atoms with Gasteiger partial charge in [-0.1, -0.05) is 22.9 Å². The molecule has 1 aliphatic rings. The molecule has 1 aliphatic heterocycles. The quantitative estimate of drug-likeness (QED) is 0.438. The molecular formula is C22H22ClN5OS. The first-order valence-corrected chi connectivity index (χ1v) is 11.2. The number of aromatic nitrogens is 3. The second-order valence-corrected chi connectivity index (χ2v) is 9.47. The number of Topliss-reactive ketones (excluding diaryl/α,β-unsaturated/α-hetero) is 1. The molecule has 3 heterocycles. The van der Waals surface area contributed by atoms with Crippen LogP contribution in [-0.2, 0) is 7.05 Å². The maximum atomic E-state index is 12.8. The van der Waals surface area contributed by atoms with Crippen molar-refractivity contribution < 1.29 is 4.79 Å². The zero-order chi connectivity index (χ0) is 20.8. The van der Waals surface area contributed by atoms with Gasteiger partial charge in [-0.05, 0) is 62.3 Å². The van der Waals surface area contributed by atoms with Crippen LogP contribution in [0.15, 0.2) is 36.4 Å². The molecule has 5 rings (SSSR count). The van der Waals surface area contributed by atoms with Crippen LogP contribution in [0, 0.1) is 5.92 Å². The van der Waals surface area contributed by atoms with Crippen LogP contribution in [-0.4, -0.2) is 45.4 Å². The molecular weight excluding hydrogens is 418 g/mol. The molecule has 0 unspecified atom stereocenters. The molecule has 0 radical (unpaired) electrons. The number of ketones is 1. The van der Waals surface area contributed by atoms with E-state index in [9.17, 15) is 4.79 Å². The highest BCUT2D eigenvalue weighted by molar-refractivity contribution is 7.22. The number of carbonyl (C=O) groups is 1. The highest BCUT2D eigenvalue weighted by Gasteiger charge is 2.23. The number of aryl methyl sites for hydroxylation is 1. The third-order valence-corrected chi connectivity index (χ3v) is 6.90. The minimum atomic E-state index is 0.195. The van der Waals surface area contributed by atoms with Gasteiger partial charge in [0, 0.05) is 30.6 Å². The summed E-state index contributed by atoms with van der Waals surface area (Å²) in [6.07, 6.45) is 1.69. The molecule has 154 valence electrons. The van der Waals surface area contributed by atoms with Gasteiger partial charge in [0.05, 0.1) is 21.3 Å². The molecule has 4 aromatic rings. The van der Waals surface area contributed by atoms with E-state index in [1.807, 2.05) is 48.0 Å². The Balaban J connectivity index is 1.39. The summed E-state index contributed by atoms with van der Waals surface area (Å²) in [6.45, 7) is 2.07. The summed E-state index contributed by atoms with van der Waals surface area (Å²) >= 11 is 7.61. The van der Waals surface area contributed by atoms with E-state index in [2.05, 4.69) is 22.2 Å². The lowest BCUT2D eigenvalue weighted by Crippen LogP contribution is -2.16. The minimum Gasteiger partial charge on any atom is -0.313 e. The lowest BCUT2D eigenvalue weighted by atomic mass is 9.97. The van der Waals surface area contributed by atoms with Gasteiger partial charge < -0.3 is 14.8 Å². The van der Waals surface area contributed by atoms with Gasteiger partial charge in [-0.2, -0.15) is 0 Å². The fourth-order valence-electron chi connectivity index (χ4n) is 4.11. The van der Waals surface area contributed by atoms with Gasteiger partial charge in [-0.25, -0.2) is 9.97 Å². The van der Waals surface area contributed by atoms with E-state index in [1.54, 1.807) is 0 Å². The number of hydrogen-bond acceptors (Lipinski definition) is 6. The maximum absolute atomic E-state index is 12.8. The van der Waals surface area contributed by atoms with Gasteiger partial charge in [0.15, 0.2) is 10.9 Å². The van der Waals surface area contributed by atoms with Crippen LogP contribution in [0.1, 0.15) is 23.2 Å². The lowest BCUT2D eigenvalue weighted by molar-refractivity contribution is 0.0963. The molecule has 2 aromatic heterocycles. The van der Waals surface area contributed by atoms with Crippen LogP contribution in [0.4, 0.5) is 11.1 Å². The Morgan fingerprint density at radius 1 is 1.20 bits per heavy atom. The number of anilines is 2. The first-order chi connectivity index (χ1) is 14.5. The van der Waals surface area contributed by atoms with Crippen LogP contribution in [0.25, 0.3) is 21.3 Å². The minimum absolute atomic E-state index is 0.195. The molecule has 0 aliphatic carbocycles. The predicted octanol–water partition coefficient (Wildman–Crippen LogP) is 5.10. The van der Waals surface area contributed by atoms with Gasteiger partial charge in [0.1, 0.15) is 0 Å². The van der Waals surface area contributed by atoms with Gasteiger partial charge >= 0.3 is 0 Å². The zero-order valence-electron chi connectivity index (χ0n) is 16.9. The summed E-state index contributed by atoms with van der Waals surface area (Å²) < 4.78 is 3.00. The summed E-state index contributed by atoms with van der Waals surface area (Å²) in [5, 5.41) is 4.76. The first kappa shape index (κ1) is 19.5. The summed E-state index contributed by atoms with van der Waals surface area (Å²) in [5.41, 5.74) is 3.41. The molecule has 30 heavy (non-hydrogen) atoms. The van der Waals surface area contributed by atoms with Gasteiger partial charge in [-0.15, -0.1) is 0 Å². The number of fused-ring (bicyclic) bond motifs is 2. The molecule has 8 heteroatoms. The van der Waals surface area contributed by atoms with E-state index in [1.165, 1.54) is 11.3 Å². The number of halogens is 1. The number of nitrogens with zero attached hydrogens (tertiary/aromatic N) is 4. The highest BCUT2D eigenvalue weighted by atomic mass is 35.5. The van der Waals surface area contributed by atoms with Crippen molar-refractivity contribution in [3.8, 4) is 0 Å². The van der Waals surface area contributed by atoms with Gasteiger partial charge in [-0.3, -0.25) is 4.79 Å². The monoisotopic (exact) mass is 439 g/mol. The third-order valence-electron chi connectivity index (χ3n) is 5.74. The van der Waals surface area contributed by atoms with Crippen molar-refractivity contribution in [2.24, 2.45) is 13.0 Å². The number of nitrogens with one attached hydrogen (secondary N) is 1. The number of likely N-dealkylation sites (tertiary alicyclic amines) is 1. The molecule has 6 nitrogen and oxygen atoms in total. The summed E-state index contributed by atoms with van der Waals surface area (Å²) in [5.74, 6) is 1.34. The van der Waals surface area contributed by atoms with Crippen molar-refractivity contribution in [1.82, 2.24) is 19.4 Å². The molecule has 0 saturated carbocycles. The maximum Gasteiger partial charge on any atom is 0.209 e. The van der Waals surface area contributed by atoms with E-state index in [4.69, 9.17) is 16.6 Å². The number of benzene rings is 2. The second-order valence-electron chi connectivity index (χ2n) is 8.00. The smallest absolute Gasteiger partial charge is 0.209 e. The number of imidazole rings is 1. The Bertz CT molecular complexity index is 1260. The van der Waals surface area contributed by atoms with Crippen molar-refractivity contribution in [2.45, 2.75) is 12.8 Å². The van der Waals surface area contributed by atoms with Gasteiger partial charge in [0.2, 0.25) is 5.95 Å². The number of hydrogen-bond donors (Lipinski definition) is 1. The molecule has 1 fully saturated rings. The Morgan fingerprint density at radius 3 is 2.87 bits per heavy atom. The molecule has 1 N–H and O–H groups in total. The van der Waals surface area contributed by atoms with Crippen molar-refractivity contribution in [3.05, 3.63) is 47.0 Å². The molecule has 1 atom stereocenters. The van der Waals surface area contributed by atoms with E-state index >= 15 is 0 Å². The van der Waals surface area contributed by atoms with Crippen molar-refractivity contribution in [3.63, 3.8) is 0 Å². The van der Waals surface area contributed by atoms with E-state index in [0.29, 0.717) is 23.3 Å². The lowest BCUT2D eigenvalue weighted by Gasteiger charge is -2.09. The van der Waals surface area contributed by atoms with Crippen molar-refractivity contribution >= 4 is 61.1 Å². The zero-order valence-corrected chi connectivity index (χ0v) is 18.4. The molecule has 0 bridgehead atoms. The fourth-order valence-corrected chi connectivity index (χ4v) is 5.24. The van der Waals surface area contributed by atoms with E-state index < -0.39 is 0 Å². The fraction of sp³-hybridized carbons (Fsp3) is 0.318. The van der Waals surface area contributed by atoms with Crippen LogP contribution >= 0.6 is 22.9 Å². The predicted molar refractivity (Wildman–Crippen MR) is 123 cm³/mol. The SMILES string of the molecule is CN1CC[C@H](CC(=O)c2ccc3c(c2)nc(Nc2nc4ccc(Cl)cc4s2)n3C)C1. The Kier molecular flexibility index (Phi) is 4.97. The average molecular weight is 440 g/mol. The number of thiazole rings is 1. The van der Waals surface area contributed by atoms with Crippen LogP contribution < -0.4 is 5.32 Å². The average Bonchev–Trinajstić information content (AvgIpc) is 3.39. The topological polar surface area (TPSA) is 63.1 Å². The Hall–Kier alpha value is -2.48. The van der Waals surface area contributed by atoms with Crippen LogP contribution in [0.3, 0.4) is 0 Å². The standard InChI is InChI=1S/C22H22ClN5OS/c1-27-8-7-13(12-27)9-19(29)14-3-6-18-17(10-14)24-21(28(18)2)26-22-25-16-5-4-15(23)11-20(16)30-22/h3-6,10-11,13H,7-9,12H2,1-2H3,(H,24,25,26)/t13-/m1/s1. The van der Waals surface area contributed by atoms with Crippen molar-refractivity contribution in [2.75, 3.05) is 25.5 Å². The summed E-state index contributed by atoms with van der Waals surface area (Å²) in [4.78, 5) is 24.4. The van der Waals surface area contributed by atoms with Gasteiger partial charge in [0.25, 0.3) is 0 Å². The number of carbonyl (C=O) groups excluding carboxylic acids is 1. The highest BCUT2D eigenvalue weighted by Crippen LogP contribution is 2.31. The molecule has 1 saturated heterocycles. The van der Waals surface area contributed by atoms with Crippen LogP contribution in [0.5, 0.6) is 0 Å². The summed E-state index contributed by atoms with van der Waals surface area (Å²) in [6, 6.07) is 11.4. The normalized spacial score (nSPS) is 17.2. The first-order valence-electron chi connectivity index (χ1n) is 9.97. The number of rotatable bonds is 5. The summed E-state index contributed by atoms with van der Waals surface area (Å²) in [7, 11) is 4.07. The second kappa shape index (κ2) is 7.65. The molecule has 2 aromatic carbocycles. The Morgan fingerprint density at radius 2 is 2.07 bits per heavy atom. The molecule has 0 spiro atoms. The van der Waals surface area contributed by atoms with E-state index in [-0.39, 0.29) is 5.78 Å². The third kappa shape index (κ3) is 3.69. The van der Waals surface area contributed by atoms with Crippen LogP contribution in [0.2, 0.25) is 5.02 Å². The van der Waals surface area contributed by atoms with Crippen molar-refractivity contribution in [1.29, 1.82) is 0 Å². The Labute approximate surface area is 183 Å². The molecule has 0 amide bonds. The van der Waals surface area contributed by atoms with E-state index in [0.717, 1.165) is 51.5 Å².